The Morgan fingerprint density at radius 3 is 2.61 bits per heavy atom. The van der Waals surface area contributed by atoms with Crippen LogP contribution in [0.15, 0.2) is 59.5 Å². The van der Waals surface area contributed by atoms with Gasteiger partial charge < -0.3 is 0 Å². The van der Waals surface area contributed by atoms with Crippen LogP contribution < -0.4 is 0 Å². The lowest BCUT2D eigenvalue weighted by atomic mass is 10.0. The molecule has 0 radical (unpaired) electrons. The number of para-hydroxylation sites is 1. The summed E-state index contributed by atoms with van der Waals surface area (Å²) in [7, 11) is -3.48. The number of aromatic nitrogens is 3. The molecule has 0 atom stereocenters. The highest BCUT2D eigenvalue weighted by molar-refractivity contribution is 7.91. The Kier molecular flexibility index (Phi) is 3.64. The summed E-state index contributed by atoms with van der Waals surface area (Å²) in [6, 6.07) is 15.6. The molecule has 5 nitrogen and oxygen atoms in total. The highest BCUT2D eigenvalue weighted by atomic mass is 32.2. The van der Waals surface area contributed by atoms with Crippen molar-refractivity contribution in [3.05, 3.63) is 71.8 Å². The third-order valence-corrected chi connectivity index (χ3v) is 6.85. The van der Waals surface area contributed by atoms with Gasteiger partial charge in [0.25, 0.3) is 0 Å². The Balaban J connectivity index is 1.95. The van der Waals surface area contributed by atoms with Crippen molar-refractivity contribution >= 4 is 20.9 Å². The van der Waals surface area contributed by atoms with Gasteiger partial charge in [-0.25, -0.2) is 22.5 Å². The summed E-state index contributed by atoms with van der Waals surface area (Å²) in [5, 5.41) is 5.26. The van der Waals surface area contributed by atoms with Crippen molar-refractivity contribution in [3.63, 3.8) is 0 Å². The van der Waals surface area contributed by atoms with Gasteiger partial charge in [-0.1, -0.05) is 30.3 Å². The van der Waals surface area contributed by atoms with E-state index in [2.05, 4.69) is 10.1 Å². The van der Waals surface area contributed by atoms with Crippen LogP contribution in [0.1, 0.15) is 11.4 Å². The minimum absolute atomic E-state index is 0.0159. The fourth-order valence-electron chi connectivity index (χ4n) is 3.85. The van der Waals surface area contributed by atoms with Crippen molar-refractivity contribution in [2.24, 2.45) is 0 Å². The zero-order chi connectivity index (χ0) is 19.5. The molecule has 0 N–H and O–H groups in total. The molecule has 5 rings (SSSR count). The molecule has 2 aromatic heterocycles. The lowest BCUT2D eigenvalue weighted by Crippen LogP contribution is -2.03. The summed E-state index contributed by atoms with van der Waals surface area (Å²) >= 11 is 0. The second-order valence-corrected chi connectivity index (χ2v) is 8.92. The molecule has 0 saturated carbocycles. The summed E-state index contributed by atoms with van der Waals surface area (Å²) in [4.78, 5) is 4.89. The number of nitrogens with zero attached hydrogens (tertiary/aromatic N) is 3. The number of rotatable bonds is 2. The summed E-state index contributed by atoms with van der Waals surface area (Å²) in [5.41, 5.74) is 3.60. The Labute approximate surface area is 161 Å². The van der Waals surface area contributed by atoms with Gasteiger partial charge in [-0.05, 0) is 36.8 Å². The van der Waals surface area contributed by atoms with Crippen LogP contribution in [0.2, 0.25) is 0 Å². The average molecular weight is 393 g/mol. The van der Waals surface area contributed by atoms with Gasteiger partial charge in [0.05, 0.1) is 33.1 Å². The van der Waals surface area contributed by atoms with E-state index in [0.29, 0.717) is 40.0 Å². The second kappa shape index (κ2) is 5.97. The molecular formula is C21H16FN3O2S. The van der Waals surface area contributed by atoms with Crippen molar-refractivity contribution in [1.82, 2.24) is 14.8 Å². The third kappa shape index (κ3) is 2.46. The third-order valence-electron chi connectivity index (χ3n) is 5.05. The Morgan fingerprint density at radius 1 is 1.07 bits per heavy atom. The predicted molar refractivity (Wildman–Crippen MR) is 105 cm³/mol. The highest BCUT2D eigenvalue weighted by Crippen LogP contribution is 2.41. The van der Waals surface area contributed by atoms with Crippen molar-refractivity contribution in [2.45, 2.75) is 18.2 Å². The van der Waals surface area contributed by atoms with Crippen LogP contribution in [0.3, 0.4) is 0 Å². The molecule has 0 amide bonds. The molecule has 0 spiro atoms. The molecule has 4 aromatic rings. The van der Waals surface area contributed by atoms with Crippen LogP contribution in [0.5, 0.6) is 0 Å². The Bertz CT molecular complexity index is 1350. The Hall–Kier alpha value is -3.06. The molecule has 0 fully saturated rings. The fraction of sp³-hybridized carbons (Fsp3) is 0.143. The maximum absolute atomic E-state index is 14.0. The van der Waals surface area contributed by atoms with E-state index in [4.69, 9.17) is 0 Å². The maximum atomic E-state index is 14.0. The zero-order valence-corrected chi connectivity index (χ0v) is 15.9. The van der Waals surface area contributed by atoms with Crippen molar-refractivity contribution in [1.29, 1.82) is 0 Å². The summed E-state index contributed by atoms with van der Waals surface area (Å²) in [5.74, 6) is -0.401. The average Bonchev–Trinajstić information content (AvgIpc) is 3.18. The van der Waals surface area contributed by atoms with E-state index in [0.717, 1.165) is 5.69 Å². The molecule has 28 heavy (non-hydrogen) atoms. The van der Waals surface area contributed by atoms with E-state index >= 15 is 0 Å². The molecule has 7 heteroatoms. The second-order valence-electron chi connectivity index (χ2n) is 6.87. The number of halogens is 1. The standard InChI is InChI=1S/C21H16FN3O2S/c1-13-18-19(14-6-5-7-15(22)12-14)20-17(10-11-28(20,26)27)23-21(18)25(24-13)16-8-3-2-4-9-16/h2-9,12H,10-11H2,1H3. The number of fused-ring (bicyclic) bond motifs is 2. The summed E-state index contributed by atoms with van der Waals surface area (Å²) in [6.07, 6.45) is 0.342. The maximum Gasteiger partial charge on any atom is 0.181 e. The number of pyridine rings is 1. The lowest BCUT2D eigenvalue weighted by molar-refractivity contribution is 0.600. The van der Waals surface area contributed by atoms with Gasteiger partial charge in [-0.2, -0.15) is 5.10 Å². The fourth-order valence-corrected chi connectivity index (χ4v) is 5.56. The first kappa shape index (κ1) is 17.1. The van der Waals surface area contributed by atoms with Crippen LogP contribution in [-0.4, -0.2) is 28.9 Å². The van der Waals surface area contributed by atoms with Gasteiger partial charge in [-0.15, -0.1) is 0 Å². The summed E-state index contributed by atoms with van der Waals surface area (Å²) < 4.78 is 41.3. The quantitative estimate of drug-likeness (QED) is 0.519. The van der Waals surface area contributed by atoms with Gasteiger partial charge >= 0.3 is 0 Å². The SMILES string of the molecule is Cc1nn(-c2ccccc2)c2nc3c(c(-c4cccc(F)c4)c12)S(=O)(=O)CC3. The van der Waals surface area contributed by atoms with Gasteiger partial charge in [0, 0.05) is 12.0 Å². The first-order valence-corrected chi connectivity index (χ1v) is 10.6. The first-order valence-electron chi connectivity index (χ1n) is 8.92. The largest absolute Gasteiger partial charge is 0.232 e. The van der Waals surface area contributed by atoms with Gasteiger partial charge in [0.1, 0.15) is 5.82 Å². The van der Waals surface area contributed by atoms with E-state index < -0.39 is 15.7 Å². The number of aryl methyl sites for hydroxylation is 2. The molecule has 0 bridgehead atoms. The molecule has 1 aliphatic heterocycles. The topological polar surface area (TPSA) is 64.8 Å². The van der Waals surface area contributed by atoms with E-state index in [1.54, 1.807) is 16.8 Å². The molecule has 3 heterocycles. The minimum Gasteiger partial charge on any atom is -0.232 e. The molecule has 1 aliphatic rings. The van der Waals surface area contributed by atoms with E-state index in [9.17, 15) is 12.8 Å². The normalized spacial score (nSPS) is 15.1. The van der Waals surface area contributed by atoms with Crippen molar-refractivity contribution < 1.29 is 12.8 Å². The number of hydrogen-bond donors (Lipinski definition) is 0. The smallest absolute Gasteiger partial charge is 0.181 e. The lowest BCUT2D eigenvalue weighted by Gasteiger charge is -2.11. The van der Waals surface area contributed by atoms with Crippen LogP contribution in [0.25, 0.3) is 27.8 Å². The minimum atomic E-state index is -3.48. The summed E-state index contributed by atoms with van der Waals surface area (Å²) in [6.45, 7) is 1.82. The number of sulfone groups is 1. The Morgan fingerprint density at radius 2 is 1.86 bits per heavy atom. The molecular weight excluding hydrogens is 377 g/mol. The predicted octanol–water partition coefficient (Wildman–Crippen LogP) is 3.86. The monoisotopic (exact) mass is 393 g/mol. The van der Waals surface area contributed by atoms with Crippen LogP contribution in [0.4, 0.5) is 4.39 Å². The van der Waals surface area contributed by atoms with E-state index in [1.165, 1.54) is 12.1 Å². The number of benzene rings is 2. The first-order chi connectivity index (χ1) is 13.5. The van der Waals surface area contributed by atoms with E-state index in [1.807, 2.05) is 37.3 Å². The zero-order valence-electron chi connectivity index (χ0n) is 15.1. The number of hydrogen-bond acceptors (Lipinski definition) is 4. The van der Waals surface area contributed by atoms with E-state index in [-0.39, 0.29) is 10.6 Å². The molecule has 0 saturated heterocycles. The van der Waals surface area contributed by atoms with Gasteiger partial charge in [0.2, 0.25) is 0 Å². The van der Waals surface area contributed by atoms with Crippen molar-refractivity contribution in [2.75, 3.05) is 5.75 Å². The molecule has 0 unspecified atom stereocenters. The molecule has 2 aromatic carbocycles. The van der Waals surface area contributed by atoms with Gasteiger partial charge in [0.15, 0.2) is 15.5 Å². The van der Waals surface area contributed by atoms with Crippen LogP contribution in [0, 0.1) is 12.7 Å². The highest BCUT2D eigenvalue weighted by Gasteiger charge is 2.34. The van der Waals surface area contributed by atoms with Crippen LogP contribution in [-0.2, 0) is 16.3 Å². The van der Waals surface area contributed by atoms with Crippen molar-refractivity contribution in [3.8, 4) is 16.8 Å². The van der Waals surface area contributed by atoms with Crippen LogP contribution >= 0.6 is 0 Å². The molecule has 0 aliphatic carbocycles. The molecule has 140 valence electrons. The van der Waals surface area contributed by atoms with Gasteiger partial charge in [-0.3, -0.25) is 0 Å².